The summed E-state index contributed by atoms with van der Waals surface area (Å²) in [5, 5.41) is 59.8. The number of carbonyl (C=O) groups is 3. The van der Waals surface area contributed by atoms with E-state index in [9.17, 15) is 45.0 Å². The monoisotopic (exact) mass is 426 g/mol. The number of esters is 2. The van der Waals surface area contributed by atoms with Gasteiger partial charge < -0.3 is 40.1 Å². The molecule has 1 fully saturated rings. The third-order valence-electron chi connectivity index (χ3n) is 5.31. The molecule has 0 spiro atoms. The van der Waals surface area contributed by atoms with Crippen LogP contribution in [0.15, 0.2) is 24.3 Å². The molecule has 2 rings (SSSR count). The second-order valence-electron chi connectivity index (χ2n) is 7.02. The maximum atomic E-state index is 12.2. The number of hydrogen-bond donors (Lipinski definition) is 6. The van der Waals surface area contributed by atoms with Crippen molar-refractivity contribution in [3.8, 4) is 11.5 Å². The number of methoxy groups -OCH3 is 1. The van der Waals surface area contributed by atoms with Crippen LogP contribution in [0.25, 0.3) is 6.08 Å². The second kappa shape index (κ2) is 8.30. The van der Waals surface area contributed by atoms with E-state index in [0.29, 0.717) is 5.56 Å². The first kappa shape index (κ1) is 23.1. The van der Waals surface area contributed by atoms with Gasteiger partial charge in [0, 0.05) is 12.5 Å². The molecule has 164 valence electrons. The van der Waals surface area contributed by atoms with Gasteiger partial charge >= 0.3 is 17.9 Å². The summed E-state index contributed by atoms with van der Waals surface area (Å²) in [5.41, 5.74) is -5.33. The predicted octanol–water partition coefficient (Wildman–Crippen LogP) is -0.857. The molecule has 1 aliphatic rings. The van der Waals surface area contributed by atoms with E-state index in [1.54, 1.807) is 0 Å². The summed E-state index contributed by atoms with van der Waals surface area (Å²) >= 11 is 0. The molecule has 11 heteroatoms. The molecule has 11 nitrogen and oxygen atoms in total. The molecule has 0 saturated heterocycles. The van der Waals surface area contributed by atoms with E-state index >= 15 is 0 Å². The fourth-order valence-electron chi connectivity index (χ4n) is 3.32. The summed E-state index contributed by atoms with van der Waals surface area (Å²) in [7, 11) is 0.854. The fraction of sp³-hybridized carbons (Fsp3) is 0.421. The topological polar surface area (TPSA) is 191 Å². The first-order chi connectivity index (χ1) is 13.9. The molecule has 0 amide bonds. The number of hydrogen-bond acceptors (Lipinski definition) is 10. The van der Waals surface area contributed by atoms with E-state index in [4.69, 9.17) is 4.74 Å². The van der Waals surface area contributed by atoms with Gasteiger partial charge in [-0.3, -0.25) is 4.79 Å². The average Bonchev–Trinajstić information content (AvgIpc) is 2.70. The number of aliphatic hydroxyl groups excluding tert-OH is 2. The van der Waals surface area contributed by atoms with Crippen LogP contribution in [0, 0.1) is 5.41 Å². The van der Waals surface area contributed by atoms with Gasteiger partial charge in [0.25, 0.3) is 0 Å². The number of benzene rings is 1. The Kier molecular flexibility index (Phi) is 6.40. The molecule has 30 heavy (non-hydrogen) atoms. The molecule has 0 aliphatic heterocycles. The van der Waals surface area contributed by atoms with Crippen LogP contribution in [-0.2, 0) is 23.9 Å². The summed E-state index contributed by atoms with van der Waals surface area (Å²) < 4.78 is 9.42. The minimum atomic E-state index is -3.11. The van der Waals surface area contributed by atoms with Crippen molar-refractivity contribution in [2.24, 2.45) is 5.41 Å². The van der Waals surface area contributed by atoms with Gasteiger partial charge in [-0.25, -0.2) is 9.59 Å². The molecule has 0 bridgehead atoms. The van der Waals surface area contributed by atoms with E-state index in [2.05, 4.69) is 4.74 Å². The lowest BCUT2D eigenvalue weighted by molar-refractivity contribution is -0.257. The van der Waals surface area contributed by atoms with Gasteiger partial charge in [-0.1, -0.05) is 6.07 Å². The number of ether oxygens (including phenoxy) is 2. The number of carbonyl (C=O) groups excluding carboxylic acids is 2. The van der Waals surface area contributed by atoms with Crippen molar-refractivity contribution in [2.45, 2.75) is 37.3 Å². The molecule has 5 atom stereocenters. The standard InChI is InChI=1S/C19H22O11/c1-18(16(25)26)13(22)8-12(15(24)19(18,28)17(27)29-2)30-14(23)6-4-9-3-5-10(20)11(21)7-9/h3-7,12-13,15,20-22,24,28H,8H2,1-2H3,(H,25,26)/b6-4+/t12-,13+,15-,18-,19+/m0/s1. The van der Waals surface area contributed by atoms with E-state index in [-0.39, 0.29) is 5.75 Å². The molecule has 6 N–H and O–H groups in total. The summed E-state index contributed by atoms with van der Waals surface area (Å²) in [6, 6.07) is 3.73. The van der Waals surface area contributed by atoms with Crippen molar-refractivity contribution in [1.82, 2.24) is 0 Å². The number of carboxylic acid groups (broad SMARTS) is 1. The number of phenols is 2. The van der Waals surface area contributed by atoms with E-state index < -0.39 is 59.4 Å². The van der Waals surface area contributed by atoms with Crippen LogP contribution < -0.4 is 0 Å². The Bertz CT molecular complexity index is 879. The maximum absolute atomic E-state index is 12.2. The highest BCUT2D eigenvalue weighted by molar-refractivity contribution is 5.91. The fourth-order valence-corrected chi connectivity index (χ4v) is 3.32. The molecule has 1 saturated carbocycles. The molecule has 0 aromatic heterocycles. The molecule has 0 unspecified atom stereocenters. The second-order valence-corrected chi connectivity index (χ2v) is 7.02. The number of rotatable bonds is 5. The van der Waals surface area contributed by atoms with E-state index in [0.717, 1.165) is 26.2 Å². The first-order valence-electron chi connectivity index (χ1n) is 8.70. The van der Waals surface area contributed by atoms with Gasteiger partial charge in [-0.2, -0.15) is 0 Å². The summed E-state index contributed by atoms with van der Waals surface area (Å²) in [5.74, 6) is -5.12. The van der Waals surface area contributed by atoms with Crippen LogP contribution >= 0.6 is 0 Å². The summed E-state index contributed by atoms with van der Waals surface area (Å²) in [6.07, 6.45) is -4.21. The van der Waals surface area contributed by atoms with Crippen LogP contribution in [0.5, 0.6) is 11.5 Å². The Hall–Kier alpha value is -3.15. The Labute approximate surface area is 170 Å². The number of aliphatic hydroxyl groups is 3. The van der Waals surface area contributed by atoms with Gasteiger partial charge in [0.15, 0.2) is 11.5 Å². The molecule has 0 radical (unpaired) electrons. The molecule has 1 aromatic carbocycles. The lowest BCUT2D eigenvalue weighted by Crippen LogP contribution is -2.74. The lowest BCUT2D eigenvalue weighted by atomic mass is 9.60. The highest BCUT2D eigenvalue weighted by atomic mass is 16.6. The highest BCUT2D eigenvalue weighted by Crippen LogP contribution is 2.46. The average molecular weight is 426 g/mol. The number of phenolic OH excluding ortho intramolecular Hbond substituents is 2. The van der Waals surface area contributed by atoms with Crippen molar-refractivity contribution in [1.29, 1.82) is 0 Å². The molecular weight excluding hydrogens is 404 g/mol. The van der Waals surface area contributed by atoms with Crippen LogP contribution in [0.3, 0.4) is 0 Å². The van der Waals surface area contributed by atoms with Crippen LogP contribution in [0.4, 0.5) is 0 Å². The van der Waals surface area contributed by atoms with Crippen LogP contribution in [-0.4, -0.2) is 79.6 Å². The largest absolute Gasteiger partial charge is 0.504 e. The quantitative estimate of drug-likeness (QED) is 0.195. The van der Waals surface area contributed by atoms with Gasteiger partial charge in [0.2, 0.25) is 5.60 Å². The predicted molar refractivity (Wildman–Crippen MR) is 98.0 cm³/mol. The minimum absolute atomic E-state index is 0.316. The van der Waals surface area contributed by atoms with Crippen molar-refractivity contribution in [3.63, 3.8) is 0 Å². The normalized spacial score (nSPS) is 31.3. The van der Waals surface area contributed by atoms with E-state index in [1.807, 2.05) is 0 Å². The highest BCUT2D eigenvalue weighted by Gasteiger charge is 2.71. The van der Waals surface area contributed by atoms with E-state index in [1.165, 1.54) is 18.2 Å². The smallest absolute Gasteiger partial charge is 0.342 e. The Morgan fingerprint density at radius 3 is 2.33 bits per heavy atom. The van der Waals surface area contributed by atoms with Crippen LogP contribution in [0.1, 0.15) is 18.9 Å². The van der Waals surface area contributed by atoms with Crippen molar-refractivity contribution < 1.29 is 54.5 Å². The van der Waals surface area contributed by atoms with Crippen LogP contribution in [0.2, 0.25) is 0 Å². The van der Waals surface area contributed by atoms with Gasteiger partial charge in [0.1, 0.15) is 17.6 Å². The SMILES string of the molecule is COC(=O)[C@]1(O)[C@@H](O)[C@@H](OC(=O)/C=C/c2ccc(O)c(O)c2)C[C@@H](O)[C@@]1(C)C(=O)O. The number of carboxylic acids is 1. The molecule has 1 aromatic rings. The Balaban J connectivity index is 2.27. The van der Waals surface area contributed by atoms with Crippen molar-refractivity contribution in [3.05, 3.63) is 29.8 Å². The van der Waals surface area contributed by atoms with Crippen molar-refractivity contribution in [2.75, 3.05) is 7.11 Å². The summed E-state index contributed by atoms with van der Waals surface area (Å²) in [4.78, 5) is 36.0. The zero-order chi connectivity index (χ0) is 22.9. The lowest BCUT2D eigenvalue weighted by Gasteiger charge is -2.50. The first-order valence-corrected chi connectivity index (χ1v) is 8.70. The Morgan fingerprint density at radius 1 is 1.17 bits per heavy atom. The Morgan fingerprint density at radius 2 is 1.80 bits per heavy atom. The minimum Gasteiger partial charge on any atom is -0.504 e. The summed E-state index contributed by atoms with van der Waals surface area (Å²) in [6.45, 7) is 0.870. The van der Waals surface area contributed by atoms with Gasteiger partial charge in [-0.15, -0.1) is 0 Å². The van der Waals surface area contributed by atoms with Gasteiger partial charge in [-0.05, 0) is 30.7 Å². The van der Waals surface area contributed by atoms with Crippen molar-refractivity contribution >= 4 is 24.0 Å². The third kappa shape index (κ3) is 3.70. The molecular formula is C19H22O11. The molecule has 1 aliphatic carbocycles. The number of aromatic hydroxyl groups is 2. The molecule has 0 heterocycles. The van der Waals surface area contributed by atoms with Gasteiger partial charge in [0.05, 0.1) is 13.2 Å². The number of aliphatic carboxylic acids is 1. The zero-order valence-electron chi connectivity index (χ0n) is 16.1. The maximum Gasteiger partial charge on any atom is 0.342 e. The zero-order valence-corrected chi connectivity index (χ0v) is 16.1. The third-order valence-corrected chi connectivity index (χ3v) is 5.31.